The van der Waals surface area contributed by atoms with E-state index in [2.05, 4.69) is 75.3 Å². The van der Waals surface area contributed by atoms with Crippen LogP contribution in [0.1, 0.15) is 23.0 Å². The van der Waals surface area contributed by atoms with Gasteiger partial charge in [0.15, 0.2) is 0 Å². The van der Waals surface area contributed by atoms with E-state index in [-0.39, 0.29) is 6.04 Å². The lowest BCUT2D eigenvalue weighted by atomic mass is 9.94. The lowest BCUT2D eigenvalue weighted by molar-refractivity contribution is 0.532. The van der Waals surface area contributed by atoms with Crippen LogP contribution in [-0.4, -0.2) is 16.1 Å². The van der Waals surface area contributed by atoms with Crippen LogP contribution >= 0.6 is 15.9 Å². The summed E-state index contributed by atoms with van der Waals surface area (Å²) < 4.78 is 3.26. The molecule has 1 aromatic heterocycles. The topological polar surface area (TPSA) is 29.9 Å². The fourth-order valence-electron chi connectivity index (χ4n) is 3.18. The molecule has 2 heterocycles. The summed E-state index contributed by atoms with van der Waals surface area (Å²) in [6.07, 6.45) is 1.09. The highest BCUT2D eigenvalue weighted by atomic mass is 79.9. The van der Waals surface area contributed by atoms with Crippen LogP contribution in [0.15, 0.2) is 46.9 Å². The molecule has 0 bridgehead atoms. The smallest absolute Gasteiger partial charge is 0.131 e. The fourth-order valence-corrected chi connectivity index (χ4v) is 3.53. The molecule has 0 aliphatic carbocycles. The van der Waals surface area contributed by atoms with E-state index >= 15 is 0 Å². The first-order valence-electron chi connectivity index (χ1n) is 7.17. The highest BCUT2D eigenvalue weighted by Gasteiger charge is 2.25. The Labute approximate surface area is 132 Å². The Morgan fingerprint density at radius 2 is 2.10 bits per heavy atom. The van der Waals surface area contributed by atoms with Gasteiger partial charge in [-0.2, -0.15) is 0 Å². The van der Waals surface area contributed by atoms with E-state index in [1.54, 1.807) is 0 Å². The van der Waals surface area contributed by atoms with Crippen molar-refractivity contribution in [2.75, 3.05) is 6.54 Å². The van der Waals surface area contributed by atoms with E-state index in [1.165, 1.54) is 11.1 Å². The maximum Gasteiger partial charge on any atom is 0.131 e. The second-order valence-electron chi connectivity index (χ2n) is 5.50. The third kappa shape index (κ3) is 2.10. The third-order valence-electron chi connectivity index (χ3n) is 4.24. The molecule has 1 N–H and O–H groups in total. The molecule has 0 amide bonds. The summed E-state index contributed by atoms with van der Waals surface area (Å²) in [7, 11) is 2.09. The lowest BCUT2D eigenvalue weighted by Gasteiger charge is -2.26. The molecule has 0 saturated carbocycles. The summed E-state index contributed by atoms with van der Waals surface area (Å²) in [6, 6.07) is 15.1. The summed E-state index contributed by atoms with van der Waals surface area (Å²) in [4.78, 5) is 4.87. The number of fused-ring (bicyclic) bond motifs is 2. The van der Waals surface area contributed by atoms with Gasteiger partial charge in [0.25, 0.3) is 0 Å². The number of imidazole rings is 1. The van der Waals surface area contributed by atoms with Crippen LogP contribution < -0.4 is 5.32 Å². The second kappa shape index (κ2) is 4.97. The van der Waals surface area contributed by atoms with Gasteiger partial charge in [0.1, 0.15) is 5.82 Å². The molecule has 0 spiro atoms. The molecule has 0 saturated heterocycles. The highest BCUT2D eigenvalue weighted by Crippen LogP contribution is 2.30. The summed E-state index contributed by atoms with van der Waals surface area (Å²) in [5, 5.41) is 3.61. The molecule has 3 aromatic rings. The number of rotatable bonds is 1. The Morgan fingerprint density at radius 3 is 3.00 bits per heavy atom. The van der Waals surface area contributed by atoms with Crippen LogP contribution in [0.2, 0.25) is 0 Å². The second-order valence-corrected chi connectivity index (χ2v) is 6.41. The molecule has 3 nitrogen and oxygen atoms in total. The molecule has 1 atom stereocenters. The normalized spacial score (nSPS) is 17.9. The maximum atomic E-state index is 4.87. The number of hydrogen-bond acceptors (Lipinski definition) is 2. The number of halogens is 1. The molecule has 21 heavy (non-hydrogen) atoms. The molecule has 0 radical (unpaired) electrons. The van der Waals surface area contributed by atoms with Crippen molar-refractivity contribution in [3.05, 3.63) is 63.9 Å². The van der Waals surface area contributed by atoms with Crippen molar-refractivity contribution >= 4 is 27.0 Å². The molecule has 0 fully saturated rings. The van der Waals surface area contributed by atoms with E-state index in [0.29, 0.717) is 0 Å². The summed E-state index contributed by atoms with van der Waals surface area (Å²) >= 11 is 3.52. The highest BCUT2D eigenvalue weighted by molar-refractivity contribution is 9.10. The van der Waals surface area contributed by atoms with Crippen LogP contribution in [0, 0.1) is 0 Å². The van der Waals surface area contributed by atoms with Gasteiger partial charge in [-0.3, -0.25) is 0 Å². The quantitative estimate of drug-likeness (QED) is 0.733. The SMILES string of the molecule is Cn1c(C2NCCc3ccccc32)nc2cc(Br)ccc21. The van der Waals surface area contributed by atoms with Crippen molar-refractivity contribution in [1.29, 1.82) is 0 Å². The molecule has 1 unspecified atom stereocenters. The third-order valence-corrected chi connectivity index (χ3v) is 4.74. The van der Waals surface area contributed by atoms with E-state index in [9.17, 15) is 0 Å². The van der Waals surface area contributed by atoms with Gasteiger partial charge in [0.2, 0.25) is 0 Å². The van der Waals surface area contributed by atoms with Crippen molar-refractivity contribution in [2.45, 2.75) is 12.5 Å². The summed E-state index contributed by atoms with van der Waals surface area (Å²) in [5.74, 6) is 1.08. The largest absolute Gasteiger partial charge is 0.329 e. The van der Waals surface area contributed by atoms with Crippen LogP contribution in [0.4, 0.5) is 0 Å². The van der Waals surface area contributed by atoms with E-state index in [0.717, 1.165) is 34.3 Å². The Kier molecular flexibility index (Phi) is 3.08. The van der Waals surface area contributed by atoms with E-state index in [4.69, 9.17) is 4.98 Å². The molecule has 2 aromatic carbocycles. The molecule has 4 heteroatoms. The van der Waals surface area contributed by atoms with E-state index < -0.39 is 0 Å². The standard InChI is InChI=1S/C17H16BrN3/c1-21-15-7-6-12(18)10-14(15)20-17(21)16-13-5-3-2-4-11(13)8-9-19-16/h2-7,10,16,19H,8-9H2,1H3. The van der Waals surface area contributed by atoms with Gasteiger partial charge in [-0.1, -0.05) is 40.2 Å². The predicted octanol–water partition coefficient (Wildman–Crippen LogP) is 3.57. The lowest BCUT2D eigenvalue weighted by Crippen LogP contribution is -2.32. The van der Waals surface area contributed by atoms with Crippen molar-refractivity contribution in [2.24, 2.45) is 7.05 Å². The van der Waals surface area contributed by atoms with E-state index in [1.807, 2.05) is 0 Å². The van der Waals surface area contributed by atoms with Gasteiger partial charge in [0.05, 0.1) is 17.1 Å². The molecular formula is C17H16BrN3. The Hall–Kier alpha value is -1.65. The minimum Gasteiger partial charge on any atom is -0.329 e. The van der Waals surface area contributed by atoms with Crippen molar-refractivity contribution in [1.82, 2.24) is 14.9 Å². The number of nitrogens with zero attached hydrogens (tertiary/aromatic N) is 2. The maximum absolute atomic E-state index is 4.87. The number of benzene rings is 2. The zero-order chi connectivity index (χ0) is 14.4. The summed E-state index contributed by atoms with van der Waals surface area (Å²) in [6.45, 7) is 0.995. The van der Waals surface area contributed by atoms with Crippen molar-refractivity contribution in [3.8, 4) is 0 Å². The summed E-state index contributed by atoms with van der Waals surface area (Å²) in [5.41, 5.74) is 4.97. The first-order valence-corrected chi connectivity index (χ1v) is 7.96. The first kappa shape index (κ1) is 13.0. The molecule has 1 aliphatic heterocycles. The minimum absolute atomic E-state index is 0.172. The number of hydrogen-bond donors (Lipinski definition) is 1. The molecular weight excluding hydrogens is 326 g/mol. The number of aromatic nitrogens is 2. The zero-order valence-electron chi connectivity index (χ0n) is 11.8. The van der Waals surface area contributed by atoms with Gasteiger partial charge in [0, 0.05) is 18.1 Å². The number of nitrogens with one attached hydrogen (secondary N) is 1. The Morgan fingerprint density at radius 1 is 1.24 bits per heavy atom. The van der Waals surface area contributed by atoms with Gasteiger partial charge in [-0.05, 0) is 35.7 Å². The first-order chi connectivity index (χ1) is 10.2. The van der Waals surface area contributed by atoms with Crippen LogP contribution in [0.3, 0.4) is 0 Å². The zero-order valence-corrected chi connectivity index (χ0v) is 13.4. The van der Waals surface area contributed by atoms with Gasteiger partial charge < -0.3 is 9.88 Å². The van der Waals surface area contributed by atoms with Gasteiger partial charge in [-0.25, -0.2) is 4.98 Å². The monoisotopic (exact) mass is 341 g/mol. The minimum atomic E-state index is 0.172. The predicted molar refractivity (Wildman–Crippen MR) is 88.4 cm³/mol. The van der Waals surface area contributed by atoms with Crippen molar-refractivity contribution < 1.29 is 0 Å². The Bertz CT molecular complexity index is 822. The van der Waals surface area contributed by atoms with Gasteiger partial charge >= 0.3 is 0 Å². The van der Waals surface area contributed by atoms with Crippen LogP contribution in [0.25, 0.3) is 11.0 Å². The van der Waals surface area contributed by atoms with Crippen LogP contribution in [0.5, 0.6) is 0 Å². The molecule has 1 aliphatic rings. The van der Waals surface area contributed by atoms with Crippen molar-refractivity contribution in [3.63, 3.8) is 0 Å². The van der Waals surface area contributed by atoms with Gasteiger partial charge in [-0.15, -0.1) is 0 Å². The molecule has 4 rings (SSSR count). The Balaban J connectivity index is 1.90. The van der Waals surface area contributed by atoms with Crippen LogP contribution in [-0.2, 0) is 13.5 Å². The average molecular weight is 342 g/mol. The number of aryl methyl sites for hydroxylation is 1. The fraction of sp³-hybridized carbons (Fsp3) is 0.235. The average Bonchev–Trinajstić information content (AvgIpc) is 2.83. The molecule has 106 valence electrons.